The summed E-state index contributed by atoms with van der Waals surface area (Å²) >= 11 is 0. The summed E-state index contributed by atoms with van der Waals surface area (Å²) in [5, 5.41) is 3.07. The van der Waals surface area contributed by atoms with Crippen molar-refractivity contribution in [3.05, 3.63) is 30.3 Å². The Bertz CT molecular complexity index is 787. The van der Waals surface area contributed by atoms with Gasteiger partial charge in [-0.25, -0.2) is 13.2 Å². The molecule has 3 saturated heterocycles. The number of hydrogen-bond donors (Lipinski definition) is 1. The second kappa shape index (κ2) is 8.00. The third-order valence-corrected chi connectivity index (χ3v) is 8.37. The van der Waals surface area contributed by atoms with Gasteiger partial charge in [-0.15, -0.1) is 0 Å². The van der Waals surface area contributed by atoms with Crippen LogP contribution in [0.15, 0.2) is 35.2 Å². The Hall–Kier alpha value is -1.64. The van der Waals surface area contributed by atoms with E-state index >= 15 is 0 Å². The number of benzene rings is 1. The molecule has 3 aliphatic heterocycles. The van der Waals surface area contributed by atoms with Crippen molar-refractivity contribution in [2.45, 2.75) is 30.6 Å². The van der Waals surface area contributed by atoms with E-state index in [1.807, 2.05) is 11.0 Å². The Balaban J connectivity index is 1.50. The number of nitrogens with one attached hydrogen (secondary N) is 1. The average molecular weight is 408 g/mol. The van der Waals surface area contributed by atoms with Crippen LogP contribution in [0.2, 0.25) is 0 Å². The molecule has 0 saturated carbocycles. The second-order valence-corrected chi connectivity index (χ2v) is 10.1. The minimum absolute atomic E-state index is 0.0240. The van der Waals surface area contributed by atoms with Gasteiger partial charge in [-0.2, -0.15) is 4.31 Å². The topological polar surface area (TPSA) is 79.0 Å². The Kier molecular flexibility index (Phi) is 5.62. The van der Waals surface area contributed by atoms with Crippen molar-refractivity contribution in [1.29, 1.82) is 0 Å². The van der Waals surface area contributed by atoms with Crippen LogP contribution in [0.1, 0.15) is 25.7 Å². The third-order valence-electron chi connectivity index (χ3n) is 6.54. The molecule has 4 rings (SSSR count). The summed E-state index contributed by atoms with van der Waals surface area (Å²) in [7, 11) is -3.53. The zero-order valence-electron chi connectivity index (χ0n) is 16.2. The normalized spacial score (nSPS) is 25.3. The lowest BCUT2D eigenvalue weighted by Crippen LogP contribution is -2.45. The molecule has 3 aliphatic rings. The van der Waals surface area contributed by atoms with Crippen LogP contribution in [-0.4, -0.2) is 69.6 Å². The molecule has 2 amide bonds. The van der Waals surface area contributed by atoms with E-state index in [2.05, 4.69) is 5.32 Å². The molecule has 1 N–H and O–H groups in total. The number of urea groups is 1. The van der Waals surface area contributed by atoms with E-state index in [-0.39, 0.29) is 17.4 Å². The number of nitrogens with zero attached hydrogens (tertiary/aromatic N) is 2. The molecular formula is C20H29N3O4S. The molecular weight excluding hydrogens is 378 g/mol. The number of likely N-dealkylation sites (tertiary alicyclic amines) is 1. The first-order valence-electron chi connectivity index (χ1n) is 10.2. The number of sulfonamides is 1. The monoisotopic (exact) mass is 407 g/mol. The molecule has 8 heteroatoms. The molecule has 154 valence electrons. The molecule has 3 heterocycles. The highest BCUT2D eigenvalue weighted by molar-refractivity contribution is 7.89. The molecule has 1 aromatic rings. The van der Waals surface area contributed by atoms with Crippen molar-refractivity contribution < 1.29 is 17.9 Å². The summed E-state index contributed by atoms with van der Waals surface area (Å²) in [4.78, 5) is 14.6. The van der Waals surface area contributed by atoms with Crippen LogP contribution in [0.5, 0.6) is 0 Å². The standard InChI is InChI=1S/C20H29N3O4S/c24-19(22-10-4-5-11-22)21-14-17-15-23(16-20(17)8-12-27-13-9-20)28(25,26)18-6-2-1-3-7-18/h1-3,6-7,17H,4-5,8-16H2,(H,21,24). The van der Waals surface area contributed by atoms with Crippen LogP contribution >= 0.6 is 0 Å². The smallest absolute Gasteiger partial charge is 0.317 e. The van der Waals surface area contributed by atoms with Crippen LogP contribution in [0.4, 0.5) is 4.79 Å². The fraction of sp³-hybridized carbons (Fsp3) is 0.650. The maximum Gasteiger partial charge on any atom is 0.317 e. The number of carbonyl (C=O) groups is 1. The fourth-order valence-electron chi connectivity index (χ4n) is 4.78. The molecule has 0 bridgehead atoms. The lowest BCUT2D eigenvalue weighted by atomic mass is 9.72. The van der Waals surface area contributed by atoms with Crippen molar-refractivity contribution >= 4 is 16.1 Å². The predicted octanol–water partition coefficient (Wildman–Crippen LogP) is 1.91. The summed E-state index contributed by atoms with van der Waals surface area (Å²) < 4.78 is 33.5. The quantitative estimate of drug-likeness (QED) is 0.827. The lowest BCUT2D eigenvalue weighted by Gasteiger charge is -2.38. The minimum Gasteiger partial charge on any atom is -0.381 e. The van der Waals surface area contributed by atoms with E-state index in [9.17, 15) is 13.2 Å². The van der Waals surface area contributed by atoms with Crippen LogP contribution in [0, 0.1) is 11.3 Å². The van der Waals surface area contributed by atoms with Gasteiger partial charge in [0.25, 0.3) is 0 Å². The molecule has 1 unspecified atom stereocenters. The molecule has 0 radical (unpaired) electrons. The van der Waals surface area contributed by atoms with Gasteiger partial charge in [0, 0.05) is 45.9 Å². The van der Waals surface area contributed by atoms with Gasteiger partial charge in [0.2, 0.25) is 10.0 Å². The molecule has 0 aromatic heterocycles. The van der Waals surface area contributed by atoms with Gasteiger partial charge < -0.3 is 15.0 Å². The van der Waals surface area contributed by atoms with Gasteiger partial charge in [-0.3, -0.25) is 0 Å². The van der Waals surface area contributed by atoms with Gasteiger partial charge in [-0.1, -0.05) is 18.2 Å². The highest BCUT2D eigenvalue weighted by Gasteiger charge is 2.50. The second-order valence-electron chi connectivity index (χ2n) is 8.16. The summed E-state index contributed by atoms with van der Waals surface area (Å²) in [5.41, 5.74) is -0.127. The summed E-state index contributed by atoms with van der Waals surface area (Å²) in [6.07, 6.45) is 3.78. The van der Waals surface area contributed by atoms with Crippen molar-refractivity contribution in [3.8, 4) is 0 Å². The first-order chi connectivity index (χ1) is 13.5. The Morgan fingerprint density at radius 3 is 2.50 bits per heavy atom. The molecule has 0 aliphatic carbocycles. The Morgan fingerprint density at radius 2 is 1.82 bits per heavy atom. The van der Waals surface area contributed by atoms with Gasteiger partial charge in [0.05, 0.1) is 4.90 Å². The van der Waals surface area contributed by atoms with E-state index in [0.29, 0.717) is 37.7 Å². The van der Waals surface area contributed by atoms with Gasteiger partial charge >= 0.3 is 6.03 Å². The zero-order chi connectivity index (χ0) is 19.6. The minimum atomic E-state index is -3.53. The predicted molar refractivity (Wildman–Crippen MR) is 105 cm³/mol. The first-order valence-corrected chi connectivity index (χ1v) is 11.6. The van der Waals surface area contributed by atoms with Crippen molar-refractivity contribution in [3.63, 3.8) is 0 Å². The molecule has 7 nitrogen and oxygen atoms in total. The van der Waals surface area contributed by atoms with Crippen LogP contribution < -0.4 is 5.32 Å². The maximum atomic E-state index is 13.2. The van der Waals surface area contributed by atoms with E-state index in [0.717, 1.165) is 38.8 Å². The number of hydrogen-bond acceptors (Lipinski definition) is 4. The van der Waals surface area contributed by atoms with Crippen LogP contribution in [0.25, 0.3) is 0 Å². The SMILES string of the molecule is O=C(NCC1CN(S(=O)(=O)c2ccccc2)CC12CCOCC2)N1CCCC1. The first kappa shape index (κ1) is 19.7. The number of amides is 2. The summed E-state index contributed by atoms with van der Waals surface area (Å²) in [6.45, 7) is 4.37. The largest absolute Gasteiger partial charge is 0.381 e. The molecule has 1 spiro atoms. The van der Waals surface area contributed by atoms with Crippen molar-refractivity contribution in [2.24, 2.45) is 11.3 Å². The van der Waals surface area contributed by atoms with E-state index in [1.165, 1.54) is 0 Å². The van der Waals surface area contributed by atoms with E-state index < -0.39 is 10.0 Å². The molecule has 1 aromatic carbocycles. The number of rotatable bonds is 4. The molecule has 1 atom stereocenters. The number of carbonyl (C=O) groups excluding carboxylic acids is 1. The Labute approximate surface area is 167 Å². The zero-order valence-corrected chi connectivity index (χ0v) is 17.0. The maximum absolute atomic E-state index is 13.2. The van der Waals surface area contributed by atoms with E-state index in [4.69, 9.17) is 4.74 Å². The van der Waals surface area contributed by atoms with Crippen LogP contribution in [0.3, 0.4) is 0 Å². The molecule has 28 heavy (non-hydrogen) atoms. The van der Waals surface area contributed by atoms with Crippen molar-refractivity contribution in [2.75, 3.05) is 45.9 Å². The van der Waals surface area contributed by atoms with Gasteiger partial charge in [0.1, 0.15) is 0 Å². The highest BCUT2D eigenvalue weighted by Crippen LogP contribution is 2.45. The summed E-state index contributed by atoms with van der Waals surface area (Å²) in [5.74, 6) is 0.0986. The van der Waals surface area contributed by atoms with Gasteiger partial charge in [0.15, 0.2) is 0 Å². The highest BCUT2D eigenvalue weighted by atomic mass is 32.2. The van der Waals surface area contributed by atoms with Crippen LogP contribution in [-0.2, 0) is 14.8 Å². The summed E-state index contributed by atoms with van der Waals surface area (Å²) in [6, 6.07) is 8.59. The van der Waals surface area contributed by atoms with Gasteiger partial charge in [-0.05, 0) is 49.1 Å². The Morgan fingerprint density at radius 1 is 1.14 bits per heavy atom. The van der Waals surface area contributed by atoms with Crippen molar-refractivity contribution in [1.82, 2.24) is 14.5 Å². The fourth-order valence-corrected chi connectivity index (χ4v) is 6.38. The van der Waals surface area contributed by atoms with E-state index in [1.54, 1.807) is 28.6 Å². The number of ether oxygens (including phenoxy) is 1. The third kappa shape index (κ3) is 3.77. The molecule has 3 fully saturated rings. The average Bonchev–Trinajstić information content (AvgIpc) is 3.37. The lowest BCUT2D eigenvalue weighted by molar-refractivity contribution is 0.00176.